The minimum absolute atomic E-state index is 0.176. The topological polar surface area (TPSA) is 48.7 Å². The van der Waals surface area contributed by atoms with Crippen LogP contribution in [0.4, 0.5) is 20.3 Å². The number of imidazole rings is 1. The van der Waals surface area contributed by atoms with Crippen LogP contribution in [0.2, 0.25) is 0 Å². The minimum atomic E-state index is -1.05. The van der Waals surface area contributed by atoms with Gasteiger partial charge in [0.15, 0.2) is 5.65 Å². The second-order valence-electron chi connectivity index (χ2n) is 9.83. The molecule has 6 rings (SSSR count). The van der Waals surface area contributed by atoms with E-state index in [0.29, 0.717) is 17.0 Å². The molecule has 4 heterocycles. The summed E-state index contributed by atoms with van der Waals surface area (Å²) in [5.41, 5.74) is 5.29. The largest absolute Gasteiger partial charge is 0.369 e. The number of fused-ring (bicyclic) bond motifs is 1. The number of rotatable bonds is 5. The average Bonchev–Trinajstić information content (AvgIpc) is 3.52. The molecule has 2 aromatic carbocycles. The van der Waals surface area contributed by atoms with E-state index in [-0.39, 0.29) is 18.8 Å². The van der Waals surface area contributed by atoms with Gasteiger partial charge in [-0.1, -0.05) is 35.9 Å². The van der Waals surface area contributed by atoms with E-state index in [9.17, 15) is 8.78 Å². The Hall–Kier alpha value is -3.78. The Labute approximate surface area is 215 Å². The maximum atomic E-state index is 14.7. The van der Waals surface area contributed by atoms with Gasteiger partial charge in [-0.25, -0.2) is 18.3 Å². The number of anilines is 2. The maximum Gasteiger partial charge on any atom is 0.154 e. The van der Waals surface area contributed by atoms with E-state index in [1.807, 2.05) is 42.2 Å². The van der Waals surface area contributed by atoms with Gasteiger partial charge in [-0.2, -0.15) is 0 Å². The molecular weight excluding hydrogens is 470 g/mol. The molecule has 0 amide bonds. The van der Waals surface area contributed by atoms with Crippen LogP contribution >= 0.6 is 0 Å². The van der Waals surface area contributed by atoms with Crippen molar-refractivity contribution in [2.24, 2.45) is 0 Å². The second kappa shape index (κ2) is 9.94. The van der Waals surface area contributed by atoms with E-state index >= 15 is 0 Å². The van der Waals surface area contributed by atoms with Gasteiger partial charge in [-0.05, 0) is 48.9 Å². The van der Waals surface area contributed by atoms with Crippen molar-refractivity contribution in [1.29, 1.82) is 0 Å². The zero-order valence-corrected chi connectivity index (χ0v) is 20.8. The van der Waals surface area contributed by atoms with Crippen molar-refractivity contribution in [3.63, 3.8) is 0 Å². The van der Waals surface area contributed by atoms with Crippen LogP contribution in [0.15, 0.2) is 60.8 Å². The molecule has 2 saturated heterocycles. The predicted molar refractivity (Wildman–Crippen MR) is 144 cm³/mol. The minimum Gasteiger partial charge on any atom is -0.369 e. The fraction of sp³-hybridized carbons (Fsp3) is 0.310. The van der Waals surface area contributed by atoms with Crippen molar-refractivity contribution < 1.29 is 8.78 Å². The van der Waals surface area contributed by atoms with Crippen LogP contribution in [0.3, 0.4) is 0 Å². The molecule has 0 bridgehead atoms. The Morgan fingerprint density at radius 2 is 1.81 bits per heavy atom. The van der Waals surface area contributed by atoms with Gasteiger partial charge in [0.2, 0.25) is 0 Å². The molecule has 37 heavy (non-hydrogen) atoms. The van der Waals surface area contributed by atoms with Gasteiger partial charge in [-0.15, -0.1) is 5.10 Å². The number of benzene rings is 2. The third kappa shape index (κ3) is 4.81. The van der Waals surface area contributed by atoms with Crippen LogP contribution in [0.5, 0.6) is 0 Å². The molecule has 0 spiro atoms. The van der Waals surface area contributed by atoms with E-state index in [1.54, 1.807) is 16.8 Å². The van der Waals surface area contributed by atoms with Gasteiger partial charge in [0.25, 0.3) is 0 Å². The molecule has 190 valence electrons. The summed E-state index contributed by atoms with van der Waals surface area (Å²) in [5, 5.41) is 8.17. The van der Waals surface area contributed by atoms with Crippen molar-refractivity contribution in [1.82, 2.24) is 19.9 Å². The molecule has 0 saturated carbocycles. The Kier molecular flexibility index (Phi) is 6.34. The first kappa shape index (κ1) is 23.6. The van der Waals surface area contributed by atoms with Gasteiger partial charge < -0.3 is 15.1 Å². The van der Waals surface area contributed by atoms with Crippen LogP contribution < -0.4 is 15.1 Å². The molecule has 2 atom stereocenters. The summed E-state index contributed by atoms with van der Waals surface area (Å²) in [6.07, 6.45) is 4.99. The monoisotopic (exact) mass is 500 g/mol. The number of nitrogens with one attached hydrogen (secondary N) is 1. The maximum absolute atomic E-state index is 14.7. The quantitative estimate of drug-likeness (QED) is 0.416. The van der Waals surface area contributed by atoms with Crippen molar-refractivity contribution in [2.75, 3.05) is 42.5 Å². The highest BCUT2D eigenvalue weighted by atomic mass is 19.1. The number of alkyl halides is 1. The van der Waals surface area contributed by atoms with E-state index in [1.165, 1.54) is 11.8 Å². The van der Waals surface area contributed by atoms with Gasteiger partial charge in [-0.3, -0.25) is 0 Å². The fourth-order valence-electron chi connectivity index (χ4n) is 5.30. The lowest BCUT2D eigenvalue weighted by atomic mass is 10.0. The second-order valence-corrected chi connectivity index (χ2v) is 9.83. The van der Waals surface area contributed by atoms with Gasteiger partial charge >= 0.3 is 0 Å². The molecule has 8 heteroatoms. The third-order valence-electron chi connectivity index (χ3n) is 7.25. The highest BCUT2D eigenvalue weighted by Gasteiger charge is 2.36. The van der Waals surface area contributed by atoms with Crippen LogP contribution in [0.25, 0.3) is 17.8 Å². The van der Waals surface area contributed by atoms with E-state index in [0.717, 1.165) is 43.0 Å². The molecule has 2 aliphatic heterocycles. The highest BCUT2D eigenvalue weighted by molar-refractivity contribution is 5.70. The lowest BCUT2D eigenvalue weighted by Crippen LogP contribution is -2.43. The van der Waals surface area contributed by atoms with Crippen LogP contribution in [-0.4, -0.2) is 53.5 Å². The summed E-state index contributed by atoms with van der Waals surface area (Å²) in [4.78, 5) is 8.73. The van der Waals surface area contributed by atoms with Crippen LogP contribution in [-0.2, 0) is 0 Å². The van der Waals surface area contributed by atoms with Crippen LogP contribution in [0, 0.1) is 12.7 Å². The fourth-order valence-corrected chi connectivity index (χ4v) is 5.30. The summed E-state index contributed by atoms with van der Waals surface area (Å²) in [5.74, 6) is 0.289. The molecule has 6 nitrogen and oxygen atoms in total. The molecule has 2 aromatic heterocycles. The summed E-state index contributed by atoms with van der Waals surface area (Å²) in [6.45, 7) is 6.15. The molecule has 0 aliphatic carbocycles. The molecule has 1 N–H and O–H groups in total. The lowest BCUT2D eigenvalue weighted by molar-refractivity contribution is 0.356. The first-order valence-electron chi connectivity index (χ1n) is 12.8. The smallest absolute Gasteiger partial charge is 0.154 e. The van der Waals surface area contributed by atoms with Gasteiger partial charge in [0.05, 0.1) is 24.5 Å². The molecule has 2 aliphatic rings. The predicted octanol–water partition coefficient (Wildman–Crippen LogP) is 5.05. The Morgan fingerprint density at radius 1 is 1.00 bits per heavy atom. The van der Waals surface area contributed by atoms with Gasteiger partial charge in [0, 0.05) is 43.9 Å². The zero-order chi connectivity index (χ0) is 25.4. The number of aryl methyl sites for hydroxylation is 1. The summed E-state index contributed by atoms with van der Waals surface area (Å²) in [6, 6.07) is 16.8. The average molecular weight is 501 g/mol. The van der Waals surface area contributed by atoms with Crippen molar-refractivity contribution in [3.05, 3.63) is 89.0 Å². The molecule has 0 radical (unpaired) electrons. The van der Waals surface area contributed by atoms with Crippen molar-refractivity contribution in [2.45, 2.75) is 25.6 Å². The number of halogens is 2. The molecule has 4 aromatic rings. The number of hydrogen-bond acceptors (Lipinski definition) is 5. The molecular formula is C29H30F2N6. The molecule has 0 unspecified atom stereocenters. The number of nitrogens with zero attached hydrogens (tertiary/aromatic N) is 5. The van der Waals surface area contributed by atoms with Crippen LogP contribution in [0.1, 0.15) is 34.8 Å². The summed E-state index contributed by atoms with van der Waals surface area (Å²) in [7, 11) is 0. The summed E-state index contributed by atoms with van der Waals surface area (Å²) < 4.78 is 31.0. The number of hydrogen-bond donors (Lipinski definition) is 1. The third-order valence-corrected chi connectivity index (χ3v) is 7.25. The number of piperazine rings is 1. The molecule has 2 fully saturated rings. The standard InChI is InChI=1S/C29H30F2N6/c1-20-2-9-26(31)25(16-20)27-17-22(30)19-36(27)29-11-10-28-33-18-24(37(28)34-29)8-5-21-3-6-23(7-4-21)35-14-12-32-13-15-35/h2-11,16,18,22,27,32H,12-15,17,19H2,1H3/b8-5-/t22-,27+/m0/s1. The van der Waals surface area contributed by atoms with Crippen molar-refractivity contribution in [3.8, 4) is 0 Å². The normalized spacial score (nSPS) is 20.4. The number of aromatic nitrogens is 3. The first-order valence-corrected chi connectivity index (χ1v) is 12.8. The SMILES string of the molecule is Cc1ccc(F)c([C@H]2C[C@H](F)CN2c2ccc3ncc(/C=C\c4ccc(N5CCNCC5)cc4)n3n2)c1. The highest BCUT2D eigenvalue weighted by Crippen LogP contribution is 2.38. The van der Waals surface area contributed by atoms with E-state index < -0.39 is 12.2 Å². The first-order chi connectivity index (χ1) is 18.0. The Morgan fingerprint density at radius 3 is 2.62 bits per heavy atom. The van der Waals surface area contributed by atoms with E-state index in [4.69, 9.17) is 5.10 Å². The Bertz CT molecular complexity index is 1420. The zero-order valence-electron chi connectivity index (χ0n) is 20.8. The van der Waals surface area contributed by atoms with E-state index in [2.05, 4.69) is 39.5 Å². The lowest BCUT2D eigenvalue weighted by Gasteiger charge is -2.29. The Balaban J connectivity index is 1.26. The van der Waals surface area contributed by atoms with Crippen molar-refractivity contribution >= 4 is 29.3 Å². The van der Waals surface area contributed by atoms with Gasteiger partial charge in [0.1, 0.15) is 17.8 Å². The summed E-state index contributed by atoms with van der Waals surface area (Å²) >= 11 is 0.